The van der Waals surface area contributed by atoms with Gasteiger partial charge < -0.3 is 10.1 Å². The van der Waals surface area contributed by atoms with Crippen LogP contribution in [0.4, 0.5) is 5.69 Å². The number of nitrogens with zero attached hydrogens (tertiary/aromatic N) is 1. The largest absolute Gasteiger partial charge is 0.487 e. The van der Waals surface area contributed by atoms with Gasteiger partial charge in [-0.2, -0.15) is 5.26 Å². The highest BCUT2D eigenvalue weighted by molar-refractivity contribution is 9.11. The first kappa shape index (κ1) is 22.9. The number of hydrogen-bond acceptors (Lipinski definition) is 3. The molecule has 0 aliphatic rings. The maximum Gasteiger partial charge on any atom is 0.266 e. The molecule has 0 aliphatic heterocycles. The fourth-order valence-electron chi connectivity index (χ4n) is 2.26. The summed E-state index contributed by atoms with van der Waals surface area (Å²) in [4.78, 5) is 12.6. The van der Waals surface area contributed by atoms with Crippen molar-refractivity contribution in [2.75, 3.05) is 11.9 Å². The van der Waals surface area contributed by atoms with Crippen LogP contribution in [0.3, 0.4) is 0 Å². The molecule has 2 rings (SSSR count). The minimum Gasteiger partial charge on any atom is -0.487 e. The first-order chi connectivity index (χ1) is 13.3. The van der Waals surface area contributed by atoms with Gasteiger partial charge in [-0.1, -0.05) is 12.7 Å². The summed E-state index contributed by atoms with van der Waals surface area (Å²) in [6, 6.07) is 9.25. The van der Waals surface area contributed by atoms with E-state index in [-0.39, 0.29) is 5.57 Å². The summed E-state index contributed by atoms with van der Waals surface area (Å²) in [5.41, 5.74) is 2.23. The highest BCUT2D eigenvalue weighted by atomic mass is 79.9. The molecular weight excluding hydrogens is 620 g/mol. The van der Waals surface area contributed by atoms with Crippen LogP contribution in [-0.2, 0) is 4.79 Å². The lowest BCUT2D eigenvalue weighted by Crippen LogP contribution is -2.14. The Hall–Kier alpha value is -1.40. The highest BCUT2D eigenvalue weighted by Crippen LogP contribution is 2.36. The number of rotatable bonds is 6. The zero-order valence-electron chi connectivity index (χ0n) is 14.7. The summed E-state index contributed by atoms with van der Waals surface area (Å²) in [7, 11) is 0. The van der Waals surface area contributed by atoms with Crippen molar-refractivity contribution in [1.29, 1.82) is 5.26 Å². The molecule has 2 aromatic rings. The molecular formula is C20H14Br4N2O2. The monoisotopic (exact) mass is 630 g/mol. The highest BCUT2D eigenvalue weighted by Gasteiger charge is 2.15. The number of nitrogens with one attached hydrogen (secondary N) is 1. The molecule has 0 unspecified atom stereocenters. The number of ether oxygens (including phenoxy) is 1. The lowest BCUT2D eigenvalue weighted by Gasteiger charge is -2.11. The average Bonchev–Trinajstić information content (AvgIpc) is 2.61. The number of aryl methyl sites for hydroxylation is 1. The van der Waals surface area contributed by atoms with Gasteiger partial charge in [0.25, 0.3) is 5.91 Å². The molecule has 4 nitrogen and oxygen atoms in total. The smallest absolute Gasteiger partial charge is 0.266 e. The molecule has 1 amide bonds. The van der Waals surface area contributed by atoms with Crippen LogP contribution in [-0.4, -0.2) is 12.5 Å². The van der Waals surface area contributed by atoms with Crippen molar-refractivity contribution >= 4 is 81.4 Å². The fraction of sp³-hybridized carbons (Fsp3) is 0.100. The minimum absolute atomic E-state index is 0.0297. The predicted octanol–water partition coefficient (Wildman–Crippen LogP) is 7.16. The molecule has 0 saturated heterocycles. The van der Waals surface area contributed by atoms with E-state index in [0.717, 1.165) is 14.5 Å². The maximum atomic E-state index is 12.6. The summed E-state index contributed by atoms with van der Waals surface area (Å²) >= 11 is 13.7. The summed E-state index contributed by atoms with van der Waals surface area (Å²) in [5.74, 6) is 0.111. The molecule has 0 saturated carbocycles. The SMILES string of the molecule is C=CCOc1c(Br)cc(C=C(C#N)C(=O)Nc2c(Br)cc(C)cc2Br)cc1Br. The van der Waals surface area contributed by atoms with Gasteiger partial charge in [-0.25, -0.2) is 0 Å². The normalized spacial score (nSPS) is 10.9. The third kappa shape index (κ3) is 5.80. The standard InChI is InChI=1S/C20H14Br4N2O2/c1-3-4-28-19-16(23)8-12(9-17(19)24)7-13(10-25)20(27)26-18-14(21)5-11(2)6-15(18)22/h3,5-9H,1,4H2,2H3,(H,26,27). The number of carbonyl (C=O) groups is 1. The van der Waals surface area contributed by atoms with Crippen molar-refractivity contribution < 1.29 is 9.53 Å². The van der Waals surface area contributed by atoms with Gasteiger partial charge in [-0.3, -0.25) is 4.79 Å². The molecule has 2 aromatic carbocycles. The van der Waals surface area contributed by atoms with Gasteiger partial charge in [-0.15, -0.1) is 0 Å². The van der Waals surface area contributed by atoms with Crippen molar-refractivity contribution in [3.8, 4) is 11.8 Å². The average molecular weight is 634 g/mol. The van der Waals surface area contributed by atoms with Crippen LogP contribution in [0.25, 0.3) is 6.08 Å². The van der Waals surface area contributed by atoms with Crippen LogP contribution in [0.15, 0.2) is 60.4 Å². The summed E-state index contributed by atoms with van der Waals surface area (Å²) in [5, 5.41) is 12.2. The summed E-state index contributed by atoms with van der Waals surface area (Å²) < 4.78 is 8.40. The number of benzene rings is 2. The van der Waals surface area contributed by atoms with E-state index < -0.39 is 5.91 Å². The second kappa shape index (κ2) is 10.4. The molecule has 1 N–H and O–H groups in total. The molecule has 0 aromatic heterocycles. The quantitative estimate of drug-likeness (QED) is 0.209. The molecule has 0 bridgehead atoms. The molecule has 144 valence electrons. The number of anilines is 1. The fourth-order valence-corrected chi connectivity index (χ4v) is 5.32. The van der Waals surface area contributed by atoms with E-state index in [0.29, 0.717) is 32.6 Å². The zero-order valence-corrected chi connectivity index (χ0v) is 21.0. The van der Waals surface area contributed by atoms with E-state index in [9.17, 15) is 10.1 Å². The molecule has 0 fully saturated rings. The van der Waals surface area contributed by atoms with Gasteiger partial charge in [0, 0.05) is 8.95 Å². The third-order valence-corrected chi connectivity index (χ3v) is 5.90. The molecule has 28 heavy (non-hydrogen) atoms. The number of amides is 1. The molecule has 0 aliphatic carbocycles. The van der Waals surface area contributed by atoms with Crippen molar-refractivity contribution in [1.82, 2.24) is 0 Å². The van der Waals surface area contributed by atoms with E-state index in [4.69, 9.17) is 4.74 Å². The lowest BCUT2D eigenvalue weighted by atomic mass is 10.1. The van der Waals surface area contributed by atoms with Crippen molar-refractivity contribution in [3.05, 3.63) is 71.5 Å². The van der Waals surface area contributed by atoms with Gasteiger partial charge in [-0.05, 0) is 112 Å². The van der Waals surface area contributed by atoms with Crippen LogP contribution >= 0.6 is 63.7 Å². The van der Waals surface area contributed by atoms with E-state index in [1.807, 2.05) is 25.1 Å². The second-order valence-corrected chi connectivity index (χ2v) is 9.06. The molecule has 0 spiro atoms. The Balaban J connectivity index is 2.32. The van der Waals surface area contributed by atoms with Crippen LogP contribution in [0.5, 0.6) is 5.75 Å². The van der Waals surface area contributed by atoms with Crippen molar-refractivity contribution in [2.45, 2.75) is 6.92 Å². The van der Waals surface area contributed by atoms with E-state index in [2.05, 4.69) is 75.6 Å². The summed E-state index contributed by atoms with van der Waals surface area (Å²) in [6.45, 7) is 5.93. The van der Waals surface area contributed by atoms with Gasteiger partial charge in [0.1, 0.15) is 24.0 Å². The van der Waals surface area contributed by atoms with Gasteiger partial charge >= 0.3 is 0 Å². The predicted molar refractivity (Wildman–Crippen MR) is 126 cm³/mol. The second-order valence-electron chi connectivity index (χ2n) is 5.64. The van der Waals surface area contributed by atoms with Gasteiger partial charge in [0.15, 0.2) is 0 Å². The summed E-state index contributed by atoms with van der Waals surface area (Å²) in [6.07, 6.45) is 3.16. The first-order valence-electron chi connectivity index (χ1n) is 7.88. The maximum absolute atomic E-state index is 12.6. The Kier molecular flexibility index (Phi) is 8.50. The zero-order chi connectivity index (χ0) is 20.8. The van der Waals surface area contributed by atoms with Gasteiger partial charge in [0.2, 0.25) is 0 Å². The molecule has 0 atom stereocenters. The first-order valence-corrected chi connectivity index (χ1v) is 11.1. The number of hydrogen-bond donors (Lipinski definition) is 1. The number of carbonyl (C=O) groups excluding carboxylic acids is 1. The molecule has 0 radical (unpaired) electrons. The number of halogens is 4. The van der Waals surface area contributed by atoms with Crippen LogP contribution in [0, 0.1) is 18.3 Å². The minimum atomic E-state index is -0.507. The Morgan fingerprint density at radius 2 is 1.71 bits per heavy atom. The van der Waals surface area contributed by atoms with Crippen LogP contribution in [0.1, 0.15) is 11.1 Å². The Morgan fingerprint density at radius 1 is 1.14 bits per heavy atom. The Bertz CT molecular complexity index is 964. The van der Waals surface area contributed by atoms with Crippen LogP contribution < -0.4 is 10.1 Å². The van der Waals surface area contributed by atoms with E-state index >= 15 is 0 Å². The van der Waals surface area contributed by atoms with Gasteiger partial charge in [0.05, 0.1) is 14.6 Å². The Labute approximate surface area is 197 Å². The molecule has 0 heterocycles. The third-order valence-electron chi connectivity index (χ3n) is 3.47. The molecule has 8 heteroatoms. The van der Waals surface area contributed by atoms with E-state index in [1.165, 1.54) is 6.08 Å². The topological polar surface area (TPSA) is 62.1 Å². The van der Waals surface area contributed by atoms with Crippen LogP contribution in [0.2, 0.25) is 0 Å². The lowest BCUT2D eigenvalue weighted by molar-refractivity contribution is -0.112. The number of nitriles is 1. The van der Waals surface area contributed by atoms with Crippen molar-refractivity contribution in [2.24, 2.45) is 0 Å². The van der Waals surface area contributed by atoms with Crippen molar-refractivity contribution in [3.63, 3.8) is 0 Å². The Morgan fingerprint density at radius 3 is 2.21 bits per heavy atom. The van der Waals surface area contributed by atoms with E-state index in [1.54, 1.807) is 18.2 Å².